The highest BCUT2D eigenvalue weighted by Gasteiger charge is 2.40. The molecule has 1 N–H and O–H groups in total. The second-order valence-electron chi connectivity index (χ2n) is 8.01. The van der Waals surface area contributed by atoms with Gasteiger partial charge in [-0.2, -0.15) is 0 Å². The van der Waals surface area contributed by atoms with Gasteiger partial charge < -0.3 is 15.0 Å². The Morgan fingerprint density at radius 1 is 1.23 bits per heavy atom. The highest BCUT2D eigenvalue weighted by Crippen LogP contribution is 2.42. The number of nitrogens with zero attached hydrogens (tertiary/aromatic N) is 3. The molecule has 1 saturated carbocycles. The second kappa shape index (κ2) is 9.12. The van der Waals surface area contributed by atoms with Crippen molar-refractivity contribution in [2.75, 3.05) is 19.0 Å². The van der Waals surface area contributed by atoms with Gasteiger partial charge in [-0.15, -0.1) is 10.2 Å². The Bertz CT molecular complexity index is 894. The first-order valence-corrected chi connectivity index (χ1v) is 11.5. The van der Waals surface area contributed by atoms with E-state index in [0.717, 1.165) is 42.0 Å². The number of aromatic nitrogens is 2. The molecule has 2 aliphatic rings. The lowest BCUT2D eigenvalue weighted by Gasteiger charge is -2.40. The van der Waals surface area contributed by atoms with Gasteiger partial charge in [0.2, 0.25) is 16.9 Å². The summed E-state index contributed by atoms with van der Waals surface area (Å²) >= 11 is 1.46. The summed E-state index contributed by atoms with van der Waals surface area (Å²) in [7, 11) is 1.63. The zero-order valence-electron chi connectivity index (χ0n) is 17.5. The molecule has 0 unspecified atom stereocenters. The zero-order chi connectivity index (χ0) is 21.1. The molecule has 30 heavy (non-hydrogen) atoms. The molecule has 1 aliphatic heterocycles. The first-order valence-electron chi connectivity index (χ1n) is 10.7. The smallest absolute Gasteiger partial charge is 0.231 e. The number of piperidine rings is 1. The minimum absolute atomic E-state index is 0.0942. The highest BCUT2D eigenvalue weighted by molar-refractivity contribution is 7.15. The van der Waals surface area contributed by atoms with Crippen LogP contribution in [-0.2, 0) is 9.59 Å². The average Bonchev–Trinajstić information content (AvgIpc) is 3.51. The van der Waals surface area contributed by atoms with E-state index >= 15 is 0 Å². The van der Waals surface area contributed by atoms with Crippen LogP contribution in [0.5, 0.6) is 5.75 Å². The molecular weight excluding hydrogens is 400 g/mol. The van der Waals surface area contributed by atoms with Crippen LogP contribution in [0.2, 0.25) is 0 Å². The fraction of sp³-hybridized carbons (Fsp3) is 0.545. The molecule has 8 heteroatoms. The van der Waals surface area contributed by atoms with E-state index in [1.54, 1.807) is 7.11 Å². The number of amides is 2. The first-order chi connectivity index (χ1) is 14.6. The minimum atomic E-state index is -0.332. The Labute approximate surface area is 180 Å². The number of benzene rings is 1. The van der Waals surface area contributed by atoms with Crippen LogP contribution < -0.4 is 10.1 Å². The molecule has 0 spiro atoms. The van der Waals surface area contributed by atoms with Gasteiger partial charge in [-0.3, -0.25) is 9.59 Å². The summed E-state index contributed by atoms with van der Waals surface area (Å²) in [5.74, 6) is 0.949. The number of likely N-dealkylation sites (tertiary alicyclic amines) is 1. The van der Waals surface area contributed by atoms with Crippen molar-refractivity contribution in [2.45, 2.75) is 57.4 Å². The number of carbonyl (C=O) groups is 2. The van der Waals surface area contributed by atoms with Crippen molar-refractivity contribution >= 4 is 28.3 Å². The number of ether oxygens (including phenoxy) is 1. The van der Waals surface area contributed by atoms with Crippen molar-refractivity contribution in [1.29, 1.82) is 0 Å². The summed E-state index contributed by atoms with van der Waals surface area (Å²) in [6.45, 7) is 2.76. The maximum Gasteiger partial charge on any atom is 0.231 e. The molecule has 1 saturated heterocycles. The fourth-order valence-electron chi connectivity index (χ4n) is 4.01. The summed E-state index contributed by atoms with van der Waals surface area (Å²) in [5, 5.41) is 12.9. The molecule has 0 bridgehead atoms. The van der Waals surface area contributed by atoms with Crippen LogP contribution in [0.1, 0.15) is 68.0 Å². The molecule has 2 fully saturated rings. The molecule has 160 valence electrons. The van der Waals surface area contributed by atoms with Crippen molar-refractivity contribution in [3.05, 3.63) is 34.8 Å². The number of anilines is 1. The van der Waals surface area contributed by atoms with Crippen LogP contribution in [0.4, 0.5) is 5.13 Å². The summed E-state index contributed by atoms with van der Waals surface area (Å²) in [4.78, 5) is 27.9. The first kappa shape index (κ1) is 20.8. The normalized spacial score (nSPS) is 21.5. The summed E-state index contributed by atoms with van der Waals surface area (Å²) in [6.07, 6.45) is 5.12. The molecule has 1 aliphatic carbocycles. The van der Waals surface area contributed by atoms with Gasteiger partial charge in [0.05, 0.1) is 19.1 Å². The van der Waals surface area contributed by atoms with Crippen molar-refractivity contribution in [3.8, 4) is 5.75 Å². The highest BCUT2D eigenvalue weighted by atomic mass is 32.1. The minimum Gasteiger partial charge on any atom is -0.497 e. The maximum absolute atomic E-state index is 13.3. The molecule has 4 rings (SSSR count). The van der Waals surface area contributed by atoms with Crippen molar-refractivity contribution in [1.82, 2.24) is 15.1 Å². The molecular formula is C22H28N4O3S. The number of hydrogen-bond acceptors (Lipinski definition) is 6. The number of unbranched alkanes of at least 4 members (excludes halogenated alkanes) is 1. The van der Waals surface area contributed by atoms with Crippen LogP contribution in [-0.4, -0.2) is 40.6 Å². The van der Waals surface area contributed by atoms with E-state index in [1.165, 1.54) is 11.3 Å². The monoisotopic (exact) mass is 428 g/mol. The molecule has 2 aromatic rings. The Balaban J connectivity index is 1.58. The average molecular weight is 429 g/mol. The van der Waals surface area contributed by atoms with Crippen molar-refractivity contribution < 1.29 is 14.3 Å². The van der Waals surface area contributed by atoms with E-state index in [0.29, 0.717) is 30.4 Å². The lowest BCUT2D eigenvalue weighted by atomic mass is 9.83. The molecule has 1 aromatic carbocycles. The van der Waals surface area contributed by atoms with Gasteiger partial charge in [0.1, 0.15) is 10.8 Å². The molecule has 2 atom stereocenters. The summed E-state index contributed by atoms with van der Waals surface area (Å²) in [5.41, 5.74) is 0.955. The van der Waals surface area contributed by atoms with E-state index < -0.39 is 0 Å². The van der Waals surface area contributed by atoms with E-state index in [-0.39, 0.29) is 23.8 Å². The summed E-state index contributed by atoms with van der Waals surface area (Å²) < 4.78 is 5.28. The Morgan fingerprint density at radius 3 is 2.67 bits per heavy atom. The topological polar surface area (TPSA) is 84.4 Å². The predicted octanol–water partition coefficient (Wildman–Crippen LogP) is 4.14. The summed E-state index contributed by atoms with van der Waals surface area (Å²) in [6, 6.07) is 7.39. The standard InChI is InChI=1S/C22H28N4O3S/c1-3-4-13-26-18(27)12-11-17(19(26)14-7-9-16(29-2)10-8-14)20(28)23-22-25-24-21(30-22)15-5-6-15/h7-10,15,17,19H,3-6,11-13H2,1-2H3,(H,23,25,28)/t17-,19+/m1/s1. The lowest BCUT2D eigenvalue weighted by molar-refractivity contribution is -0.142. The van der Waals surface area contributed by atoms with Gasteiger partial charge in [-0.1, -0.05) is 36.8 Å². The number of methoxy groups -OCH3 is 1. The predicted molar refractivity (Wildman–Crippen MR) is 116 cm³/mol. The van der Waals surface area contributed by atoms with E-state index in [9.17, 15) is 9.59 Å². The quantitative estimate of drug-likeness (QED) is 0.683. The van der Waals surface area contributed by atoms with Gasteiger partial charge in [0.15, 0.2) is 0 Å². The Kier molecular flexibility index (Phi) is 6.32. The van der Waals surface area contributed by atoms with Crippen molar-refractivity contribution in [3.63, 3.8) is 0 Å². The van der Waals surface area contributed by atoms with Gasteiger partial charge in [-0.25, -0.2) is 0 Å². The van der Waals surface area contributed by atoms with Crippen LogP contribution in [0, 0.1) is 5.92 Å². The van der Waals surface area contributed by atoms with Crippen LogP contribution in [0.25, 0.3) is 0 Å². The number of hydrogen-bond donors (Lipinski definition) is 1. The SMILES string of the molecule is CCCCN1C(=O)CC[C@@H](C(=O)Nc2nnc(C3CC3)s2)[C@@H]1c1ccc(OC)cc1. The van der Waals surface area contributed by atoms with Gasteiger partial charge >= 0.3 is 0 Å². The zero-order valence-corrected chi connectivity index (χ0v) is 18.3. The number of rotatable bonds is 8. The number of carbonyl (C=O) groups excluding carboxylic acids is 2. The van der Waals surface area contributed by atoms with E-state index in [2.05, 4.69) is 22.4 Å². The van der Waals surface area contributed by atoms with Gasteiger partial charge in [-0.05, 0) is 43.4 Å². The number of nitrogens with one attached hydrogen (secondary N) is 1. The molecule has 0 radical (unpaired) electrons. The van der Waals surface area contributed by atoms with Crippen LogP contribution in [0.3, 0.4) is 0 Å². The molecule has 1 aromatic heterocycles. The van der Waals surface area contributed by atoms with Gasteiger partial charge in [0.25, 0.3) is 0 Å². The van der Waals surface area contributed by atoms with E-state index in [4.69, 9.17) is 4.74 Å². The third-order valence-electron chi connectivity index (χ3n) is 5.85. The van der Waals surface area contributed by atoms with Crippen molar-refractivity contribution in [2.24, 2.45) is 5.92 Å². The second-order valence-corrected chi connectivity index (χ2v) is 9.02. The largest absolute Gasteiger partial charge is 0.497 e. The molecule has 7 nitrogen and oxygen atoms in total. The molecule has 2 amide bonds. The third-order valence-corrected chi connectivity index (χ3v) is 6.85. The molecule has 2 heterocycles. The van der Waals surface area contributed by atoms with Crippen LogP contribution >= 0.6 is 11.3 Å². The maximum atomic E-state index is 13.3. The fourth-order valence-corrected chi connectivity index (χ4v) is 4.93. The van der Waals surface area contributed by atoms with Crippen LogP contribution in [0.15, 0.2) is 24.3 Å². The lowest BCUT2D eigenvalue weighted by Crippen LogP contribution is -2.47. The Hall–Kier alpha value is -2.48. The van der Waals surface area contributed by atoms with E-state index in [1.807, 2.05) is 29.2 Å². The van der Waals surface area contributed by atoms with Gasteiger partial charge in [0, 0.05) is 18.9 Å². The third kappa shape index (κ3) is 4.48. The Morgan fingerprint density at radius 2 is 2.00 bits per heavy atom.